The Labute approximate surface area is 115 Å². The molecule has 0 saturated heterocycles. The molecular weight excluding hydrogens is 236 g/mol. The predicted molar refractivity (Wildman–Crippen MR) is 80.6 cm³/mol. The molecule has 102 valence electrons. The van der Waals surface area contributed by atoms with Gasteiger partial charge in [0.1, 0.15) is 5.82 Å². The fourth-order valence-electron chi connectivity index (χ4n) is 1.93. The van der Waals surface area contributed by atoms with Crippen molar-refractivity contribution in [1.82, 2.24) is 4.98 Å². The minimum atomic E-state index is 0.329. The second kappa shape index (κ2) is 7.10. The van der Waals surface area contributed by atoms with Crippen molar-refractivity contribution in [3.05, 3.63) is 36.4 Å². The highest BCUT2D eigenvalue weighted by atomic mass is 16.5. The van der Waals surface area contributed by atoms with E-state index in [9.17, 15) is 0 Å². The Morgan fingerprint density at radius 1 is 1.11 bits per heavy atom. The van der Waals surface area contributed by atoms with Gasteiger partial charge in [-0.05, 0) is 44.9 Å². The number of anilines is 1. The Bertz CT molecular complexity index is 511. The van der Waals surface area contributed by atoms with Crippen molar-refractivity contribution in [1.29, 1.82) is 0 Å². The summed E-state index contributed by atoms with van der Waals surface area (Å²) < 4.78 is 5.51. The third kappa shape index (κ3) is 4.52. The van der Waals surface area contributed by atoms with Crippen LogP contribution in [0.3, 0.4) is 0 Å². The molecule has 0 bridgehead atoms. The number of hydrogen-bond acceptors (Lipinski definition) is 3. The van der Waals surface area contributed by atoms with Crippen LogP contribution in [0.5, 0.6) is 0 Å². The normalized spacial score (nSPS) is 11.1. The number of fused-ring (bicyclic) bond motifs is 1. The Morgan fingerprint density at radius 2 is 1.95 bits per heavy atom. The van der Waals surface area contributed by atoms with Crippen molar-refractivity contribution in [2.24, 2.45) is 0 Å². The van der Waals surface area contributed by atoms with Crippen molar-refractivity contribution in [3.63, 3.8) is 0 Å². The van der Waals surface area contributed by atoms with E-state index >= 15 is 0 Å². The Hall–Kier alpha value is -1.61. The van der Waals surface area contributed by atoms with Gasteiger partial charge in [0.25, 0.3) is 0 Å². The predicted octanol–water partition coefficient (Wildman–Crippen LogP) is 3.85. The Balaban J connectivity index is 1.75. The summed E-state index contributed by atoms with van der Waals surface area (Å²) in [6.45, 7) is 5.91. The standard InChI is InChI=1S/C16H22N2O/c1-13(2)19-12-6-5-11-17-16-10-9-14-7-3-4-8-15(14)18-16/h3-4,7-10,13H,5-6,11-12H2,1-2H3,(H,17,18). The van der Waals surface area contributed by atoms with Crippen LogP contribution in [0.1, 0.15) is 26.7 Å². The van der Waals surface area contributed by atoms with Gasteiger partial charge in [0, 0.05) is 18.5 Å². The molecule has 0 amide bonds. The number of aromatic nitrogens is 1. The maximum atomic E-state index is 5.51. The lowest BCUT2D eigenvalue weighted by molar-refractivity contribution is 0.0765. The maximum absolute atomic E-state index is 5.51. The zero-order valence-electron chi connectivity index (χ0n) is 11.7. The molecule has 3 heteroatoms. The molecule has 0 fully saturated rings. The van der Waals surface area contributed by atoms with E-state index in [-0.39, 0.29) is 0 Å². The molecule has 1 heterocycles. The average molecular weight is 258 g/mol. The molecule has 0 aliphatic heterocycles. The lowest BCUT2D eigenvalue weighted by Crippen LogP contribution is -2.07. The molecule has 0 aliphatic carbocycles. The summed E-state index contributed by atoms with van der Waals surface area (Å²) >= 11 is 0. The van der Waals surface area contributed by atoms with Crippen molar-refractivity contribution < 1.29 is 4.74 Å². The first-order valence-corrected chi connectivity index (χ1v) is 6.97. The van der Waals surface area contributed by atoms with Gasteiger partial charge in [0.2, 0.25) is 0 Å². The second-order valence-electron chi connectivity index (χ2n) is 4.94. The summed E-state index contributed by atoms with van der Waals surface area (Å²) in [6, 6.07) is 12.3. The number of nitrogens with zero attached hydrogens (tertiary/aromatic N) is 1. The van der Waals surface area contributed by atoms with Crippen LogP contribution in [-0.2, 0) is 4.74 Å². The molecule has 0 spiro atoms. The second-order valence-corrected chi connectivity index (χ2v) is 4.94. The van der Waals surface area contributed by atoms with Crippen molar-refractivity contribution in [2.75, 3.05) is 18.5 Å². The zero-order valence-corrected chi connectivity index (χ0v) is 11.7. The molecule has 1 aromatic heterocycles. The summed E-state index contributed by atoms with van der Waals surface area (Å²) in [5.41, 5.74) is 1.04. The smallest absolute Gasteiger partial charge is 0.126 e. The van der Waals surface area contributed by atoms with Gasteiger partial charge < -0.3 is 10.1 Å². The summed E-state index contributed by atoms with van der Waals surface area (Å²) in [4.78, 5) is 4.58. The monoisotopic (exact) mass is 258 g/mol. The molecule has 1 aromatic carbocycles. The third-order valence-electron chi connectivity index (χ3n) is 2.93. The number of ether oxygens (including phenoxy) is 1. The lowest BCUT2D eigenvalue weighted by atomic mass is 10.2. The Kier molecular flexibility index (Phi) is 5.16. The van der Waals surface area contributed by atoms with Gasteiger partial charge in [-0.1, -0.05) is 18.2 Å². The van der Waals surface area contributed by atoms with Gasteiger partial charge in [0.15, 0.2) is 0 Å². The topological polar surface area (TPSA) is 34.1 Å². The number of benzene rings is 1. The molecule has 1 N–H and O–H groups in total. The number of hydrogen-bond donors (Lipinski definition) is 1. The average Bonchev–Trinajstić information content (AvgIpc) is 2.42. The van der Waals surface area contributed by atoms with E-state index in [4.69, 9.17) is 4.74 Å². The maximum Gasteiger partial charge on any atom is 0.126 e. The van der Waals surface area contributed by atoms with Gasteiger partial charge in [-0.25, -0.2) is 4.98 Å². The van der Waals surface area contributed by atoms with Crippen LogP contribution in [0.4, 0.5) is 5.82 Å². The quantitative estimate of drug-likeness (QED) is 0.766. The van der Waals surface area contributed by atoms with Crippen molar-refractivity contribution >= 4 is 16.7 Å². The molecule has 19 heavy (non-hydrogen) atoms. The zero-order chi connectivity index (χ0) is 13.5. The minimum absolute atomic E-state index is 0.329. The molecule has 2 rings (SSSR count). The van der Waals surface area contributed by atoms with E-state index in [0.717, 1.165) is 37.3 Å². The largest absolute Gasteiger partial charge is 0.379 e. The fourth-order valence-corrected chi connectivity index (χ4v) is 1.93. The van der Waals surface area contributed by atoms with Crippen molar-refractivity contribution in [3.8, 4) is 0 Å². The van der Waals surface area contributed by atoms with Crippen molar-refractivity contribution in [2.45, 2.75) is 32.8 Å². The van der Waals surface area contributed by atoms with Crippen LogP contribution in [0.25, 0.3) is 10.9 Å². The number of rotatable bonds is 7. The first kappa shape index (κ1) is 13.8. The van der Waals surface area contributed by atoms with E-state index in [1.54, 1.807) is 0 Å². The minimum Gasteiger partial charge on any atom is -0.379 e. The first-order chi connectivity index (χ1) is 9.25. The van der Waals surface area contributed by atoms with E-state index in [0.29, 0.717) is 6.10 Å². The molecule has 0 unspecified atom stereocenters. The van der Waals surface area contributed by atoms with Gasteiger partial charge in [0.05, 0.1) is 11.6 Å². The van der Waals surface area contributed by atoms with Crippen LogP contribution >= 0.6 is 0 Å². The molecule has 0 radical (unpaired) electrons. The lowest BCUT2D eigenvalue weighted by Gasteiger charge is -2.08. The molecule has 3 nitrogen and oxygen atoms in total. The molecule has 0 saturated carbocycles. The fraction of sp³-hybridized carbons (Fsp3) is 0.438. The number of pyridine rings is 1. The number of nitrogens with one attached hydrogen (secondary N) is 1. The molecule has 0 aliphatic rings. The van der Waals surface area contributed by atoms with E-state index in [1.165, 1.54) is 5.39 Å². The summed E-state index contributed by atoms with van der Waals surface area (Å²) in [5.74, 6) is 0.948. The van der Waals surface area contributed by atoms with Crippen LogP contribution in [0.15, 0.2) is 36.4 Å². The van der Waals surface area contributed by atoms with Crippen LogP contribution in [0.2, 0.25) is 0 Å². The summed E-state index contributed by atoms with van der Waals surface area (Å²) in [6.07, 6.45) is 2.51. The van der Waals surface area contributed by atoms with Gasteiger partial charge in [-0.2, -0.15) is 0 Å². The molecule has 0 atom stereocenters. The van der Waals surface area contributed by atoms with Crippen LogP contribution < -0.4 is 5.32 Å². The highest BCUT2D eigenvalue weighted by Crippen LogP contribution is 2.14. The first-order valence-electron chi connectivity index (χ1n) is 6.97. The SMILES string of the molecule is CC(C)OCCCCNc1ccc2ccccc2n1. The highest BCUT2D eigenvalue weighted by Gasteiger charge is 1.97. The van der Waals surface area contributed by atoms with Crippen LogP contribution in [0, 0.1) is 0 Å². The van der Waals surface area contributed by atoms with E-state index < -0.39 is 0 Å². The van der Waals surface area contributed by atoms with Gasteiger partial charge in [-0.3, -0.25) is 0 Å². The summed E-state index contributed by atoms with van der Waals surface area (Å²) in [5, 5.41) is 4.54. The third-order valence-corrected chi connectivity index (χ3v) is 2.93. The van der Waals surface area contributed by atoms with Crippen LogP contribution in [-0.4, -0.2) is 24.2 Å². The number of para-hydroxylation sites is 1. The molecular formula is C16H22N2O. The van der Waals surface area contributed by atoms with E-state index in [2.05, 4.69) is 36.3 Å². The van der Waals surface area contributed by atoms with Gasteiger partial charge >= 0.3 is 0 Å². The number of unbranched alkanes of at least 4 members (excludes halogenated alkanes) is 1. The van der Waals surface area contributed by atoms with Gasteiger partial charge in [-0.15, -0.1) is 0 Å². The Morgan fingerprint density at radius 3 is 2.79 bits per heavy atom. The molecule has 2 aromatic rings. The highest BCUT2D eigenvalue weighted by molar-refractivity contribution is 5.79. The summed E-state index contributed by atoms with van der Waals surface area (Å²) in [7, 11) is 0. The van der Waals surface area contributed by atoms with E-state index in [1.807, 2.05) is 24.3 Å².